The zero-order valence-corrected chi connectivity index (χ0v) is 12.1. The Balaban J connectivity index is 2.42. The Kier molecular flexibility index (Phi) is 4.07. The number of carbonyl (C=O) groups is 1. The third-order valence-electron chi connectivity index (χ3n) is 3.18. The van der Waals surface area contributed by atoms with Crippen LogP contribution in [0.25, 0.3) is 0 Å². The van der Waals surface area contributed by atoms with Crippen LogP contribution in [0.2, 0.25) is 0 Å². The number of methoxy groups -OCH3 is 1. The van der Waals surface area contributed by atoms with Crippen molar-refractivity contribution < 1.29 is 14.6 Å². The minimum Gasteiger partial charge on any atom is -0.481 e. The van der Waals surface area contributed by atoms with Gasteiger partial charge in [-0.1, -0.05) is 30.3 Å². The number of aromatic nitrogens is 2. The molecular formula is C15H17N3O3. The van der Waals surface area contributed by atoms with Crippen LogP contribution in [0.5, 0.6) is 5.88 Å². The van der Waals surface area contributed by atoms with Gasteiger partial charge in [0.1, 0.15) is 11.6 Å². The van der Waals surface area contributed by atoms with Crippen LogP contribution >= 0.6 is 0 Å². The Bertz CT molecular complexity index is 646. The minimum atomic E-state index is -1.30. The van der Waals surface area contributed by atoms with E-state index in [1.165, 1.54) is 7.11 Å². The first kappa shape index (κ1) is 14.8. The quantitative estimate of drug-likeness (QED) is 0.877. The number of carboxylic acids is 1. The lowest BCUT2D eigenvalue weighted by Gasteiger charge is -2.27. The number of carboxylic acid groups (broad SMARTS) is 1. The van der Waals surface area contributed by atoms with Gasteiger partial charge in [0.15, 0.2) is 5.54 Å². The Morgan fingerprint density at radius 2 is 1.95 bits per heavy atom. The van der Waals surface area contributed by atoms with E-state index in [1.807, 2.05) is 6.07 Å². The van der Waals surface area contributed by atoms with Gasteiger partial charge < -0.3 is 15.2 Å². The molecule has 21 heavy (non-hydrogen) atoms. The van der Waals surface area contributed by atoms with Crippen LogP contribution in [0.15, 0.2) is 36.4 Å². The average molecular weight is 287 g/mol. The van der Waals surface area contributed by atoms with Gasteiger partial charge in [-0.2, -0.15) is 4.98 Å². The molecule has 1 aromatic carbocycles. The number of benzene rings is 1. The van der Waals surface area contributed by atoms with Gasteiger partial charge in [0.05, 0.1) is 7.11 Å². The molecule has 0 bridgehead atoms. The Labute approximate surface area is 122 Å². The third kappa shape index (κ3) is 3.10. The number of nitrogens with zero attached hydrogens (tertiary/aromatic N) is 2. The summed E-state index contributed by atoms with van der Waals surface area (Å²) in [6.07, 6.45) is 0. The van der Waals surface area contributed by atoms with Gasteiger partial charge >= 0.3 is 5.97 Å². The molecule has 0 aliphatic rings. The molecule has 110 valence electrons. The number of aryl methyl sites for hydroxylation is 1. The summed E-state index contributed by atoms with van der Waals surface area (Å²) >= 11 is 0. The van der Waals surface area contributed by atoms with Gasteiger partial charge in [-0.15, -0.1) is 0 Å². The predicted molar refractivity (Wildman–Crippen MR) is 78.4 cm³/mol. The summed E-state index contributed by atoms with van der Waals surface area (Å²) in [5.41, 5.74) is -0.666. The van der Waals surface area contributed by atoms with E-state index < -0.39 is 11.5 Å². The lowest BCUT2D eigenvalue weighted by atomic mass is 9.92. The molecular weight excluding hydrogens is 270 g/mol. The predicted octanol–water partition coefficient (Wildman–Crippen LogP) is 2.21. The molecule has 1 heterocycles. The van der Waals surface area contributed by atoms with E-state index in [1.54, 1.807) is 44.2 Å². The van der Waals surface area contributed by atoms with Crippen LogP contribution in [0, 0.1) is 6.92 Å². The van der Waals surface area contributed by atoms with Gasteiger partial charge in [-0.05, 0) is 19.4 Å². The van der Waals surface area contributed by atoms with Crippen molar-refractivity contribution in [2.24, 2.45) is 0 Å². The first-order chi connectivity index (χ1) is 9.95. The van der Waals surface area contributed by atoms with Crippen molar-refractivity contribution in [3.63, 3.8) is 0 Å². The summed E-state index contributed by atoms with van der Waals surface area (Å²) in [6, 6.07) is 10.5. The Morgan fingerprint density at radius 3 is 2.52 bits per heavy atom. The van der Waals surface area contributed by atoms with Crippen molar-refractivity contribution in [2.75, 3.05) is 12.4 Å². The van der Waals surface area contributed by atoms with Crippen LogP contribution < -0.4 is 10.1 Å². The molecule has 0 radical (unpaired) electrons. The van der Waals surface area contributed by atoms with Crippen LogP contribution in [0.4, 0.5) is 5.82 Å². The van der Waals surface area contributed by atoms with Crippen molar-refractivity contribution in [1.29, 1.82) is 0 Å². The first-order valence-electron chi connectivity index (χ1n) is 6.42. The van der Waals surface area contributed by atoms with Crippen molar-refractivity contribution >= 4 is 11.8 Å². The molecule has 0 aliphatic heterocycles. The number of ether oxygens (including phenoxy) is 1. The normalized spacial score (nSPS) is 13.3. The van der Waals surface area contributed by atoms with E-state index >= 15 is 0 Å². The maximum absolute atomic E-state index is 11.7. The fourth-order valence-corrected chi connectivity index (χ4v) is 1.99. The molecule has 0 saturated carbocycles. The molecule has 0 amide bonds. The van der Waals surface area contributed by atoms with E-state index in [2.05, 4.69) is 15.3 Å². The van der Waals surface area contributed by atoms with E-state index in [-0.39, 0.29) is 0 Å². The number of hydrogen-bond acceptors (Lipinski definition) is 5. The standard InChI is InChI=1S/C15H17N3O3/c1-10-16-12(9-13(17-10)21-3)18-15(2,14(19)20)11-7-5-4-6-8-11/h4-9H,1-3H3,(H,19,20)(H,16,17,18). The zero-order valence-electron chi connectivity index (χ0n) is 12.1. The number of aliphatic carboxylic acids is 1. The second kappa shape index (κ2) is 5.78. The highest BCUT2D eigenvalue weighted by Gasteiger charge is 2.35. The highest BCUT2D eigenvalue weighted by Crippen LogP contribution is 2.26. The van der Waals surface area contributed by atoms with Gasteiger partial charge in [-0.3, -0.25) is 0 Å². The van der Waals surface area contributed by atoms with Gasteiger partial charge in [0.2, 0.25) is 5.88 Å². The number of nitrogens with one attached hydrogen (secondary N) is 1. The minimum absolute atomic E-state index is 0.380. The van der Waals surface area contributed by atoms with E-state index in [0.717, 1.165) is 0 Å². The molecule has 2 aromatic rings. The largest absolute Gasteiger partial charge is 0.481 e. The van der Waals surface area contributed by atoms with Crippen LogP contribution in [0.3, 0.4) is 0 Å². The van der Waals surface area contributed by atoms with E-state index in [4.69, 9.17) is 4.74 Å². The topological polar surface area (TPSA) is 84.3 Å². The van der Waals surface area contributed by atoms with Crippen molar-refractivity contribution in [3.8, 4) is 5.88 Å². The van der Waals surface area contributed by atoms with Crippen molar-refractivity contribution in [1.82, 2.24) is 9.97 Å². The lowest BCUT2D eigenvalue weighted by Crippen LogP contribution is -2.40. The van der Waals surface area contributed by atoms with E-state index in [0.29, 0.717) is 23.1 Å². The highest BCUT2D eigenvalue weighted by atomic mass is 16.5. The molecule has 1 unspecified atom stereocenters. The molecule has 0 spiro atoms. The van der Waals surface area contributed by atoms with Gasteiger partial charge in [0.25, 0.3) is 0 Å². The second-order valence-electron chi connectivity index (χ2n) is 4.76. The number of anilines is 1. The fraction of sp³-hybridized carbons (Fsp3) is 0.267. The van der Waals surface area contributed by atoms with Crippen molar-refractivity contribution in [3.05, 3.63) is 47.8 Å². The Morgan fingerprint density at radius 1 is 1.29 bits per heavy atom. The second-order valence-corrected chi connectivity index (χ2v) is 4.76. The summed E-state index contributed by atoms with van der Waals surface area (Å²) in [4.78, 5) is 20.0. The van der Waals surface area contributed by atoms with Crippen LogP contribution in [-0.2, 0) is 10.3 Å². The lowest BCUT2D eigenvalue weighted by molar-refractivity contribution is -0.142. The zero-order chi connectivity index (χ0) is 15.5. The summed E-state index contributed by atoms with van der Waals surface area (Å²) in [7, 11) is 1.50. The number of rotatable bonds is 5. The first-order valence-corrected chi connectivity index (χ1v) is 6.42. The third-order valence-corrected chi connectivity index (χ3v) is 3.18. The number of hydrogen-bond donors (Lipinski definition) is 2. The molecule has 0 fully saturated rings. The SMILES string of the molecule is COc1cc(NC(C)(C(=O)O)c2ccccc2)nc(C)n1. The van der Waals surface area contributed by atoms with Gasteiger partial charge in [0, 0.05) is 6.07 Å². The van der Waals surface area contributed by atoms with Crippen LogP contribution in [0.1, 0.15) is 18.3 Å². The fourth-order valence-electron chi connectivity index (χ4n) is 1.99. The van der Waals surface area contributed by atoms with E-state index in [9.17, 15) is 9.90 Å². The summed E-state index contributed by atoms with van der Waals surface area (Å²) < 4.78 is 5.08. The monoisotopic (exact) mass is 287 g/mol. The molecule has 1 atom stereocenters. The molecule has 2 N–H and O–H groups in total. The molecule has 1 aromatic heterocycles. The molecule has 6 nitrogen and oxygen atoms in total. The summed E-state index contributed by atoms with van der Waals surface area (Å²) in [5, 5.41) is 12.6. The molecule has 0 aliphatic carbocycles. The summed E-state index contributed by atoms with van der Waals surface area (Å²) in [5.74, 6) is 0.278. The summed E-state index contributed by atoms with van der Waals surface area (Å²) in [6.45, 7) is 3.31. The maximum atomic E-state index is 11.7. The molecule has 6 heteroatoms. The Hall–Kier alpha value is -2.63. The smallest absolute Gasteiger partial charge is 0.333 e. The van der Waals surface area contributed by atoms with Crippen LogP contribution in [-0.4, -0.2) is 28.2 Å². The maximum Gasteiger partial charge on any atom is 0.333 e. The average Bonchev–Trinajstić information content (AvgIpc) is 2.47. The molecule has 2 rings (SSSR count). The van der Waals surface area contributed by atoms with Gasteiger partial charge in [-0.25, -0.2) is 9.78 Å². The highest BCUT2D eigenvalue weighted by molar-refractivity contribution is 5.83. The molecule has 0 saturated heterocycles. The van der Waals surface area contributed by atoms with Crippen molar-refractivity contribution in [2.45, 2.75) is 19.4 Å².